The molecule has 7 nitrogen and oxygen atoms in total. The molecule has 1 aliphatic rings. The summed E-state index contributed by atoms with van der Waals surface area (Å²) in [6.45, 7) is 1.85. The van der Waals surface area contributed by atoms with Crippen molar-refractivity contribution in [3.05, 3.63) is 73.6 Å². The van der Waals surface area contributed by atoms with Crippen LogP contribution >= 0.6 is 0 Å². The molecule has 5 aromatic rings. The van der Waals surface area contributed by atoms with Gasteiger partial charge >= 0.3 is 0 Å². The number of nitrogens with one attached hydrogen (secondary N) is 1. The number of hydrogen-bond acceptors (Lipinski definition) is 6. The highest BCUT2D eigenvalue weighted by Gasteiger charge is 2.24. The second-order valence-electron chi connectivity index (χ2n) is 8.29. The number of aryl methyl sites for hydroxylation is 1. The van der Waals surface area contributed by atoms with Crippen LogP contribution in [0.5, 0.6) is 0 Å². The zero-order valence-corrected chi connectivity index (χ0v) is 17.8. The van der Waals surface area contributed by atoms with Gasteiger partial charge in [-0.2, -0.15) is 0 Å². The summed E-state index contributed by atoms with van der Waals surface area (Å²) in [5.41, 5.74) is 6.30. The Morgan fingerprint density at radius 2 is 1.88 bits per heavy atom. The second-order valence-corrected chi connectivity index (χ2v) is 8.29. The fourth-order valence-corrected chi connectivity index (χ4v) is 4.58. The van der Waals surface area contributed by atoms with Gasteiger partial charge in [-0.15, -0.1) is 0 Å². The number of fused-ring (bicyclic) bond motifs is 2. The van der Waals surface area contributed by atoms with Crippen molar-refractivity contribution in [2.24, 2.45) is 7.05 Å². The minimum atomic E-state index is 0.328. The van der Waals surface area contributed by atoms with Gasteiger partial charge in [0.2, 0.25) is 0 Å². The molecule has 0 unspecified atom stereocenters. The van der Waals surface area contributed by atoms with E-state index in [1.54, 1.807) is 24.8 Å². The van der Waals surface area contributed by atoms with Gasteiger partial charge in [-0.1, -0.05) is 12.1 Å². The molecule has 32 heavy (non-hydrogen) atoms. The molecule has 1 aliphatic heterocycles. The maximum Gasteiger partial charge on any atom is 0.147 e. The predicted molar refractivity (Wildman–Crippen MR) is 128 cm³/mol. The lowest BCUT2D eigenvalue weighted by Crippen LogP contribution is -2.26. The van der Waals surface area contributed by atoms with Crippen molar-refractivity contribution in [1.82, 2.24) is 24.5 Å². The average Bonchev–Trinajstić information content (AvgIpc) is 3.46. The van der Waals surface area contributed by atoms with E-state index in [4.69, 9.17) is 0 Å². The molecule has 0 bridgehead atoms. The Morgan fingerprint density at radius 1 is 0.969 bits per heavy atom. The van der Waals surface area contributed by atoms with Gasteiger partial charge in [0.25, 0.3) is 0 Å². The van der Waals surface area contributed by atoms with Crippen molar-refractivity contribution in [3.8, 4) is 11.1 Å². The smallest absolute Gasteiger partial charge is 0.147 e. The second kappa shape index (κ2) is 7.60. The molecule has 3 aromatic heterocycles. The molecule has 6 rings (SSSR count). The summed E-state index contributed by atoms with van der Waals surface area (Å²) in [4.78, 5) is 20.2. The third-order valence-electron chi connectivity index (χ3n) is 6.21. The first kappa shape index (κ1) is 18.7. The molecule has 1 saturated heterocycles. The quantitative estimate of drug-likeness (QED) is 0.467. The fourth-order valence-electron chi connectivity index (χ4n) is 4.58. The molecular formula is C25H23N7. The van der Waals surface area contributed by atoms with Crippen LogP contribution in [0.1, 0.15) is 6.42 Å². The largest absolute Gasteiger partial charge is 0.380 e. The molecule has 158 valence electrons. The van der Waals surface area contributed by atoms with E-state index in [1.165, 1.54) is 10.9 Å². The molecule has 0 amide bonds. The van der Waals surface area contributed by atoms with Crippen LogP contribution < -0.4 is 10.2 Å². The first-order valence-corrected chi connectivity index (χ1v) is 10.8. The van der Waals surface area contributed by atoms with E-state index < -0.39 is 0 Å². The van der Waals surface area contributed by atoms with Gasteiger partial charge in [-0.05, 0) is 41.6 Å². The molecule has 1 fully saturated rings. The van der Waals surface area contributed by atoms with Crippen molar-refractivity contribution in [3.63, 3.8) is 0 Å². The molecular weight excluding hydrogens is 398 g/mol. The molecule has 1 atom stereocenters. The van der Waals surface area contributed by atoms with Gasteiger partial charge in [0.05, 0.1) is 17.2 Å². The molecule has 2 aromatic carbocycles. The topological polar surface area (TPSA) is 71.8 Å². The lowest BCUT2D eigenvalue weighted by Gasteiger charge is -2.19. The van der Waals surface area contributed by atoms with Crippen molar-refractivity contribution >= 4 is 33.4 Å². The van der Waals surface area contributed by atoms with Crippen molar-refractivity contribution in [2.45, 2.75) is 12.5 Å². The van der Waals surface area contributed by atoms with E-state index in [9.17, 15) is 0 Å². The molecule has 1 N–H and O–H groups in total. The van der Waals surface area contributed by atoms with Crippen molar-refractivity contribution in [1.29, 1.82) is 0 Å². The normalized spacial score (nSPS) is 16.2. The van der Waals surface area contributed by atoms with Crippen LogP contribution in [-0.4, -0.2) is 43.6 Å². The van der Waals surface area contributed by atoms with Gasteiger partial charge < -0.3 is 14.8 Å². The third kappa shape index (κ3) is 3.32. The third-order valence-corrected chi connectivity index (χ3v) is 6.21. The van der Waals surface area contributed by atoms with Crippen LogP contribution in [0.15, 0.2) is 73.6 Å². The minimum Gasteiger partial charge on any atom is -0.380 e. The Kier molecular flexibility index (Phi) is 4.45. The van der Waals surface area contributed by atoms with Crippen LogP contribution in [0.4, 0.5) is 11.5 Å². The van der Waals surface area contributed by atoms with Crippen LogP contribution in [0.25, 0.3) is 33.1 Å². The molecule has 0 saturated carbocycles. The average molecular weight is 422 g/mol. The van der Waals surface area contributed by atoms with Crippen LogP contribution in [0, 0.1) is 0 Å². The Labute approximate surface area is 185 Å². The summed E-state index contributed by atoms with van der Waals surface area (Å²) in [6.07, 6.45) is 11.9. The van der Waals surface area contributed by atoms with E-state index in [1.807, 2.05) is 6.20 Å². The number of benzene rings is 2. The maximum atomic E-state index is 4.65. The maximum absolute atomic E-state index is 4.65. The Bertz CT molecular complexity index is 1410. The summed E-state index contributed by atoms with van der Waals surface area (Å²) in [7, 11) is 2.07. The summed E-state index contributed by atoms with van der Waals surface area (Å²) in [6, 6.07) is 13.3. The van der Waals surface area contributed by atoms with Gasteiger partial charge in [-0.3, -0.25) is 15.0 Å². The number of rotatable bonds is 4. The zero-order chi connectivity index (χ0) is 21.5. The number of hydrogen-bond donors (Lipinski definition) is 1. The van der Waals surface area contributed by atoms with E-state index in [2.05, 4.69) is 84.4 Å². The Balaban J connectivity index is 1.35. The lowest BCUT2D eigenvalue weighted by molar-refractivity contribution is 0.806. The molecule has 0 aliphatic carbocycles. The van der Waals surface area contributed by atoms with Gasteiger partial charge in [-0.25, -0.2) is 4.98 Å². The van der Waals surface area contributed by atoms with E-state index in [0.29, 0.717) is 6.04 Å². The number of nitrogens with zero attached hydrogens (tertiary/aromatic N) is 6. The predicted octanol–water partition coefficient (Wildman–Crippen LogP) is 4.27. The van der Waals surface area contributed by atoms with Crippen LogP contribution in [0.3, 0.4) is 0 Å². The zero-order valence-electron chi connectivity index (χ0n) is 17.8. The monoisotopic (exact) mass is 421 g/mol. The minimum absolute atomic E-state index is 0.328. The van der Waals surface area contributed by atoms with Gasteiger partial charge in [0.15, 0.2) is 0 Å². The van der Waals surface area contributed by atoms with Gasteiger partial charge in [0, 0.05) is 73.9 Å². The number of aromatic nitrogens is 5. The van der Waals surface area contributed by atoms with Crippen LogP contribution in [-0.2, 0) is 7.05 Å². The van der Waals surface area contributed by atoms with E-state index in [-0.39, 0.29) is 0 Å². The highest BCUT2D eigenvalue weighted by molar-refractivity contribution is 5.97. The summed E-state index contributed by atoms with van der Waals surface area (Å²) < 4.78 is 2.15. The molecule has 0 spiro atoms. The fraction of sp³-hybridized carbons (Fsp3) is 0.200. The summed E-state index contributed by atoms with van der Waals surface area (Å²) in [5.74, 6) is 0.928. The van der Waals surface area contributed by atoms with Crippen LogP contribution in [0.2, 0.25) is 0 Å². The molecule has 7 heteroatoms. The Hall–Kier alpha value is -4.00. The van der Waals surface area contributed by atoms with Crippen molar-refractivity contribution in [2.75, 3.05) is 23.3 Å². The Morgan fingerprint density at radius 3 is 2.78 bits per heavy atom. The standard InChI is InChI=1S/C25H23N7/c1-31-10-4-17-2-3-18(12-23(17)31)21-13-20(14-22-25(21)29-9-8-27-22)30-19-5-11-32(16-19)24-15-26-6-7-28-24/h2-4,6-10,12-15,19,30H,5,11,16H2,1H3/t19-/m0/s1. The molecule has 0 radical (unpaired) electrons. The summed E-state index contributed by atoms with van der Waals surface area (Å²) >= 11 is 0. The van der Waals surface area contributed by atoms with E-state index in [0.717, 1.165) is 53.2 Å². The highest BCUT2D eigenvalue weighted by atomic mass is 15.2. The number of anilines is 2. The first-order valence-electron chi connectivity index (χ1n) is 10.8. The lowest BCUT2D eigenvalue weighted by atomic mass is 10.0. The SMILES string of the molecule is Cn1ccc2ccc(-c3cc(N[C@H]4CCN(c5cnccn5)C4)cc4nccnc34)cc21. The highest BCUT2D eigenvalue weighted by Crippen LogP contribution is 2.33. The van der Waals surface area contributed by atoms with E-state index >= 15 is 0 Å². The van der Waals surface area contributed by atoms with Gasteiger partial charge in [0.1, 0.15) is 5.82 Å². The summed E-state index contributed by atoms with van der Waals surface area (Å²) in [5, 5.41) is 4.96. The first-order chi connectivity index (χ1) is 15.7. The molecule has 4 heterocycles. The van der Waals surface area contributed by atoms with Crippen molar-refractivity contribution < 1.29 is 0 Å².